The Balaban J connectivity index is 1.97. The molecule has 3 heteroatoms. The summed E-state index contributed by atoms with van der Waals surface area (Å²) in [6, 6.07) is 0.703. The van der Waals surface area contributed by atoms with Gasteiger partial charge in [0, 0.05) is 12.5 Å². The summed E-state index contributed by atoms with van der Waals surface area (Å²) in [5, 5.41) is 3.67. The van der Waals surface area contributed by atoms with Crippen molar-refractivity contribution in [3.63, 3.8) is 0 Å². The average molecular weight is 269 g/mol. The van der Waals surface area contributed by atoms with Crippen LogP contribution in [0.5, 0.6) is 0 Å². The molecule has 0 bridgehead atoms. The second-order valence-corrected chi connectivity index (χ2v) is 6.53. The standard InChI is InChI=1S/C16H31NO2/c1-4-19-15(18)10-6-5-7-12-17-14-9-8-11-16(2,3)13-14/h14,17H,4-13H2,1-3H3. The van der Waals surface area contributed by atoms with Gasteiger partial charge in [-0.3, -0.25) is 4.79 Å². The summed E-state index contributed by atoms with van der Waals surface area (Å²) in [5.41, 5.74) is 0.514. The molecule has 0 radical (unpaired) electrons. The number of hydrogen-bond acceptors (Lipinski definition) is 3. The molecule has 1 fully saturated rings. The molecule has 1 aliphatic rings. The van der Waals surface area contributed by atoms with E-state index in [0.717, 1.165) is 25.8 Å². The van der Waals surface area contributed by atoms with E-state index in [9.17, 15) is 4.79 Å². The van der Waals surface area contributed by atoms with Crippen LogP contribution in [-0.4, -0.2) is 25.2 Å². The SMILES string of the molecule is CCOC(=O)CCCCCNC1CCCC(C)(C)C1. The highest BCUT2D eigenvalue weighted by Crippen LogP contribution is 2.34. The molecule has 1 saturated carbocycles. The monoisotopic (exact) mass is 269 g/mol. The lowest BCUT2D eigenvalue weighted by atomic mass is 9.75. The molecule has 1 rings (SSSR count). The minimum absolute atomic E-state index is 0.0514. The fourth-order valence-electron chi connectivity index (χ4n) is 2.98. The minimum atomic E-state index is -0.0514. The highest BCUT2D eigenvalue weighted by Gasteiger charge is 2.27. The molecule has 0 amide bonds. The first-order chi connectivity index (χ1) is 9.03. The summed E-state index contributed by atoms with van der Waals surface area (Å²) in [7, 11) is 0. The molecule has 19 heavy (non-hydrogen) atoms. The van der Waals surface area contributed by atoms with Gasteiger partial charge >= 0.3 is 5.97 Å². The number of rotatable bonds is 8. The molecule has 1 atom stereocenters. The van der Waals surface area contributed by atoms with E-state index < -0.39 is 0 Å². The Hall–Kier alpha value is -0.570. The van der Waals surface area contributed by atoms with Gasteiger partial charge in [-0.05, 0) is 51.0 Å². The van der Waals surface area contributed by atoms with Crippen molar-refractivity contribution < 1.29 is 9.53 Å². The van der Waals surface area contributed by atoms with Crippen LogP contribution in [0.1, 0.15) is 72.1 Å². The second kappa shape index (κ2) is 8.57. The van der Waals surface area contributed by atoms with Crippen LogP contribution in [0.2, 0.25) is 0 Å². The van der Waals surface area contributed by atoms with E-state index in [4.69, 9.17) is 4.74 Å². The highest BCUT2D eigenvalue weighted by molar-refractivity contribution is 5.69. The molecule has 0 heterocycles. The normalized spacial score (nSPS) is 22.2. The van der Waals surface area contributed by atoms with E-state index >= 15 is 0 Å². The van der Waals surface area contributed by atoms with Gasteiger partial charge in [0.2, 0.25) is 0 Å². The summed E-state index contributed by atoms with van der Waals surface area (Å²) >= 11 is 0. The van der Waals surface area contributed by atoms with Crippen molar-refractivity contribution in [3.05, 3.63) is 0 Å². The third-order valence-electron chi connectivity index (χ3n) is 4.00. The number of ether oxygens (including phenoxy) is 1. The molecule has 1 N–H and O–H groups in total. The van der Waals surface area contributed by atoms with Crippen LogP contribution in [0.15, 0.2) is 0 Å². The first kappa shape index (κ1) is 16.5. The van der Waals surface area contributed by atoms with Crippen LogP contribution in [0, 0.1) is 5.41 Å². The number of esters is 1. The van der Waals surface area contributed by atoms with Crippen molar-refractivity contribution >= 4 is 5.97 Å². The molecule has 0 saturated heterocycles. The van der Waals surface area contributed by atoms with E-state index in [2.05, 4.69) is 19.2 Å². The summed E-state index contributed by atoms with van der Waals surface area (Å²) in [4.78, 5) is 11.2. The smallest absolute Gasteiger partial charge is 0.305 e. The second-order valence-electron chi connectivity index (χ2n) is 6.53. The molecule has 0 spiro atoms. The van der Waals surface area contributed by atoms with E-state index in [-0.39, 0.29) is 5.97 Å². The number of carbonyl (C=O) groups is 1. The molecule has 0 aromatic heterocycles. The Labute approximate surface area is 118 Å². The molecular weight excluding hydrogens is 238 g/mol. The van der Waals surface area contributed by atoms with Crippen LogP contribution < -0.4 is 5.32 Å². The highest BCUT2D eigenvalue weighted by atomic mass is 16.5. The molecular formula is C16H31NO2. The molecule has 0 aliphatic heterocycles. The third kappa shape index (κ3) is 7.56. The van der Waals surface area contributed by atoms with Gasteiger partial charge in [0.1, 0.15) is 0 Å². The predicted octanol–water partition coefficient (Wildman–Crippen LogP) is 3.67. The van der Waals surface area contributed by atoms with Gasteiger partial charge < -0.3 is 10.1 Å². The minimum Gasteiger partial charge on any atom is -0.466 e. The molecule has 112 valence electrons. The maximum atomic E-state index is 11.2. The summed E-state index contributed by atoms with van der Waals surface area (Å²) in [6.45, 7) is 8.19. The van der Waals surface area contributed by atoms with Gasteiger partial charge in [0.25, 0.3) is 0 Å². The Morgan fingerprint density at radius 3 is 2.79 bits per heavy atom. The zero-order chi connectivity index (χ0) is 14.1. The topological polar surface area (TPSA) is 38.3 Å². The lowest BCUT2D eigenvalue weighted by Gasteiger charge is -2.35. The Bertz CT molecular complexity index is 263. The molecule has 3 nitrogen and oxygen atoms in total. The van der Waals surface area contributed by atoms with Crippen molar-refractivity contribution in [2.75, 3.05) is 13.2 Å². The van der Waals surface area contributed by atoms with E-state index in [0.29, 0.717) is 24.5 Å². The Morgan fingerprint density at radius 2 is 2.11 bits per heavy atom. The zero-order valence-corrected chi connectivity index (χ0v) is 13.0. The van der Waals surface area contributed by atoms with Gasteiger partial charge in [-0.2, -0.15) is 0 Å². The van der Waals surface area contributed by atoms with Crippen LogP contribution in [-0.2, 0) is 9.53 Å². The maximum Gasteiger partial charge on any atom is 0.305 e. The average Bonchev–Trinajstić information content (AvgIpc) is 2.33. The molecule has 0 aromatic carbocycles. The van der Waals surface area contributed by atoms with Gasteiger partial charge in [0.15, 0.2) is 0 Å². The van der Waals surface area contributed by atoms with E-state index in [1.807, 2.05) is 6.92 Å². The number of nitrogens with one attached hydrogen (secondary N) is 1. The number of hydrogen-bond donors (Lipinski definition) is 1. The van der Waals surface area contributed by atoms with Crippen molar-refractivity contribution in [3.8, 4) is 0 Å². The number of carbonyl (C=O) groups excluding carboxylic acids is 1. The number of unbranched alkanes of at least 4 members (excludes halogenated alkanes) is 2. The Morgan fingerprint density at radius 1 is 1.32 bits per heavy atom. The van der Waals surface area contributed by atoms with E-state index in [1.54, 1.807) is 0 Å². The van der Waals surface area contributed by atoms with E-state index in [1.165, 1.54) is 25.7 Å². The fourth-order valence-corrected chi connectivity index (χ4v) is 2.98. The van der Waals surface area contributed by atoms with Crippen molar-refractivity contribution in [2.24, 2.45) is 5.41 Å². The first-order valence-electron chi connectivity index (χ1n) is 7.92. The molecule has 0 aromatic rings. The summed E-state index contributed by atoms with van der Waals surface area (Å²) in [6.07, 6.45) is 9.15. The molecule has 1 aliphatic carbocycles. The van der Waals surface area contributed by atoms with Gasteiger partial charge in [-0.25, -0.2) is 0 Å². The maximum absolute atomic E-state index is 11.2. The molecule has 1 unspecified atom stereocenters. The third-order valence-corrected chi connectivity index (χ3v) is 4.00. The lowest BCUT2D eigenvalue weighted by Crippen LogP contribution is -2.37. The zero-order valence-electron chi connectivity index (χ0n) is 13.0. The van der Waals surface area contributed by atoms with Gasteiger partial charge in [-0.15, -0.1) is 0 Å². The summed E-state index contributed by atoms with van der Waals surface area (Å²) < 4.78 is 4.91. The largest absolute Gasteiger partial charge is 0.466 e. The van der Waals surface area contributed by atoms with Gasteiger partial charge in [0.05, 0.1) is 6.61 Å². The lowest BCUT2D eigenvalue weighted by molar-refractivity contribution is -0.143. The first-order valence-corrected chi connectivity index (χ1v) is 7.92. The van der Waals surface area contributed by atoms with Crippen LogP contribution >= 0.6 is 0 Å². The van der Waals surface area contributed by atoms with Crippen LogP contribution in [0.25, 0.3) is 0 Å². The van der Waals surface area contributed by atoms with Crippen molar-refractivity contribution in [2.45, 2.75) is 78.2 Å². The van der Waals surface area contributed by atoms with Crippen molar-refractivity contribution in [1.29, 1.82) is 0 Å². The fraction of sp³-hybridized carbons (Fsp3) is 0.938. The predicted molar refractivity (Wildman–Crippen MR) is 79.1 cm³/mol. The quantitative estimate of drug-likeness (QED) is 0.540. The van der Waals surface area contributed by atoms with Gasteiger partial charge in [-0.1, -0.05) is 26.7 Å². The van der Waals surface area contributed by atoms with Crippen LogP contribution in [0.3, 0.4) is 0 Å². The Kier molecular flexibility index (Phi) is 7.44. The van der Waals surface area contributed by atoms with Crippen LogP contribution in [0.4, 0.5) is 0 Å². The summed E-state index contributed by atoms with van der Waals surface area (Å²) in [5.74, 6) is -0.0514. The van der Waals surface area contributed by atoms with Crippen molar-refractivity contribution in [1.82, 2.24) is 5.32 Å².